The van der Waals surface area contributed by atoms with E-state index >= 15 is 0 Å². The van der Waals surface area contributed by atoms with Crippen LogP contribution in [0.15, 0.2) is 321 Å². The fourth-order valence-electron chi connectivity index (χ4n) is 11.5. The minimum Gasteiger partial charge on any atom is -0.500 e. The second-order valence-corrected chi connectivity index (χ2v) is 26.6. The maximum Gasteiger partial charge on any atom is 0.124 e. The standard InChI is InChI=1S/C21H18NO.C21H20N.C19H16N.3C12H10N.3Ir/c1-14(2)13-15-7-5-8-16-17-9-6-10-18(21(17)23-20(15)16)19-11-3-4-12-22-19;1-21(2,3)19-12-13-22-20(15-19)18-11-7-10-17(14-18)16-8-5-4-6-9-16;1-2-15-13-19(17-11-7-4-8-12-17)20-14-18(15)16-9-5-3-6-10-16;3*1-10-7-8-12(13-9-10)11-5-3-2-4-6-11;;;/h3-9,11-12,14H,13H2,1-2H3;4-10,12-15H,1-3H3;3-11,13-14H,2H2,1H3;3*2-5,7-9H,1H3;;;/q6*-1;;;. The Kier molecular flexibility index (Phi) is 31.9. The van der Waals surface area contributed by atoms with Crippen LogP contribution < -0.4 is 0 Å². The topological polar surface area (TPSA) is 90.5 Å². The summed E-state index contributed by atoms with van der Waals surface area (Å²) in [7, 11) is 0. The van der Waals surface area contributed by atoms with Gasteiger partial charge in [0.15, 0.2) is 0 Å². The average Bonchev–Trinajstić information content (AvgIpc) is 1.61. The van der Waals surface area contributed by atoms with Gasteiger partial charge in [-0.3, -0.25) is 0 Å². The van der Waals surface area contributed by atoms with Crippen LogP contribution in [0.1, 0.15) is 74.9 Å². The summed E-state index contributed by atoms with van der Waals surface area (Å²) in [4.78, 5) is 26.5. The van der Waals surface area contributed by atoms with E-state index in [0.29, 0.717) is 5.92 Å². The predicted molar refractivity (Wildman–Crippen MR) is 430 cm³/mol. The van der Waals surface area contributed by atoms with E-state index in [4.69, 9.17) is 4.42 Å². The largest absolute Gasteiger partial charge is 0.500 e. The van der Waals surface area contributed by atoms with E-state index in [1.54, 1.807) is 6.20 Å². The summed E-state index contributed by atoms with van der Waals surface area (Å²) >= 11 is 0. The molecule has 0 amide bonds. The summed E-state index contributed by atoms with van der Waals surface area (Å²) in [5.74, 6) is 0.593. The first kappa shape index (κ1) is 82.3. The Bertz CT molecular complexity index is 5070. The average molecular weight is 1930 g/mol. The Labute approximate surface area is 673 Å². The van der Waals surface area contributed by atoms with Gasteiger partial charge < -0.3 is 34.3 Å². The molecule has 7 heterocycles. The molecule has 9 aromatic carbocycles. The van der Waals surface area contributed by atoms with Crippen molar-refractivity contribution >= 4 is 21.9 Å². The molecule has 7 nitrogen and oxygen atoms in total. The van der Waals surface area contributed by atoms with Crippen LogP contribution in [0, 0.1) is 63.1 Å². The van der Waals surface area contributed by atoms with Gasteiger partial charge in [0.25, 0.3) is 0 Å². The SMILES string of the molecule is CC(C)(C)c1ccnc(-c2[c-]ccc(-c3ccccc3)c2)c1.CC(C)Cc1cccc2c1oc1c(-c3ccccn3)[c-]ccc12.CCc1cc(-c2[c-]cccc2)ncc1-c1ccccc1.Cc1ccc(-c2[c-]cccc2)nc1.Cc1ccc(-c2[c-]cccc2)nc1.Cc1ccc(-c2[c-]cccc2)nc1.[Ir].[Ir].[Ir]. The number of furan rings is 1. The first-order valence-corrected chi connectivity index (χ1v) is 35.3. The zero-order chi connectivity index (χ0) is 72.5. The molecule has 0 saturated carbocycles. The zero-order valence-electron chi connectivity index (χ0n) is 61.6. The van der Waals surface area contributed by atoms with Crippen LogP contribution in [0.5, 0.6) is 0 Å². The third kappa shape index (κ3) is 23.6. The van der Waals surface area contributed by atoms with Crippen molar-refractivity contribution in [3.05, 3.63) is 386 Å². The Morgan fingerprint density at radius 1 is 0.346 bits per heavy atom. The van der Waals surface area contributed by atoms with Crippen molar-refractivity contribution in [2.24, 2.45) is 5.92 Å². The van der Waals surface area contributed by atoms with Crippen LogP contribution in [-0.2, 0) is 78.6 Å². The molecule has 0 N–H and O–H groups in total. The van der Waals surface area contributed by atoms with Crippen molar-refractivity contribution in [1.29, 1.82) is 0 Å². The summed E-state index contributed by atoms with van der Waals surface area (Å²) in [6.45, 7) is 19.4. The van der Waals surface area contributed by atoms with Crippen LogP contribution in [0.25, 0.3) is 112 Å². The zero-order valence-corrected chi connectivity index (χ0v) is 68.8. The molecule has 0 unspecified atom stereocenters. The second kappa shape index (κ2) is 41.5. The molecule has 16 rings (SSSR count). The molecule has 0 atom stereocenters. The van der Waals surface area contributed by atoms with Gasteiger partial charge >= 0.3 is 0 Å². The number of hydrogen-bond donors (Lipinski definition) is 0. The van der Waals surface area contributed by atoms with Gasteiger partial charge in [-0.15, -0.1) is 197 Å². The molecule has 7 aromatic heterocycles. The number of pyridine rings is 6. The van der Waals surface area contributed by atoms with Crippen LogP contribution in [0.3, 0.4) is 0 Å². The molecule has 0 spiro atoms. The first-order valence-electron chi connectivity index (χ1n) is 35.3. The number of aromatic nitrogens is 6. The second-order valence-electron chi connectivity index (χ2n) is 26.6. The fourth-order valence-corrected chi connectivity index (χ4v) is 11.5. The molecule has 10 heteroatoms. The van der Waals surface area contributed by atoms with E-state index < -0.39 is 0 Å². The third-order valence-electron chi connectivity index (χ3n) is 17.0. The molecule has 16 aromatic rings. The Morgan fingerprint density at radius 3 is 1.29 bits per heavy atom. The number of nitrogens with zero attached hydrogens (tertiary/aromatic N) is 6. The van der Waals surface area contributed by atoms with Gasteiger partial charge in [-0.2, -0.15) is 0 Å². The third-order valence-corrected chi connectivity index (χ3v) is 17.0. The van der Waals surface area contributed by atoms with Crippen molar-refractivity contribution in [3.63, 3.8) is 0 Å². The number of fused-ring (bicyclic) bond motifs is 3. The molecule has 0 fully saturated rings. The number of para-hydroxylation sites is 1. The summed E-state index contributed by atoms with van der Waals surface area (Å²) in [5.41, 5.74) is 26.2. The van der Waals surface area contributed by atoms with Crippen molar-refractivity contribution < 1.29 is 64.7 Å². The van der Waals surface area contributed by atoms with E-state index in [1.807, 2.05) is 209 Å². The van der Waals surface area contributed by atoms with Crippen LogP contribution in [-0.4, -0.2) is 29.9 Å². The van der Waals surface area contributed by atoms with E-state index in [1.165, 1.54) is 61.0 Å². The molecule has 3 radical (unpaired) electrons. The monoisotopic (exact) mass is 1930 g/mol. The van der Waals surface area contributed by atoms with E-state index in [9.17, 15) is 0 Å². The Morgan fingerprint density at radius 2 is 0.813 bits per heavy atom. The van der Waals surface area contributed by atoms with Gasteiger partial charge in [-0.05, 0) is 136 Å². The normalized spacial score (nSPS) is 10.4. The van der Waals surface area contributed by atoms with E-state index in [-0.39, 0.29) is 65.7 Å². The molecular formula is C97H84Ir3N6O-6. The Hall–Kier alpha value is -10.4. The van der Waals surface area contributed by atoms with Gasteiger partial charge in [-0.25, -0.2) is 0 Å². The number of hydrogen-bond acceptors (Lipinski definition) is 7. The quantitative estimate of drug-likeness (QED) is 0.119. The minimum atomic E-state index is 0. The summed E-state index contributed by atoms with van der Waals surface area (Å²) in [6, 6.07) is 113. The van der Waals surface area contributed by atoms with E-state index in [2.05, 4.69) is 229 Å². The first-order chi connectivity index (χ1) is 50.7. The van der Waals surface area contributed by atoms with Crippen molar-refractivity contribution in [2.75, 3.05) is 0 Å². The Balaban J connectivity index is 0.000000164. The van der Waals surface area contributed by atoms with Gasteiger partial charge in [0.1, 0.15) is 5.58 Å². The predicted octanol–water partition coefficient (Wildman–Crippen LogP) is 24.5. The van der Waals surface area contributed by atoms with Gasteiger partial charge in [0.05, 0.1) is 5.58 Å². The van der Waals surface area contributed by atoms with Gasteiger partial charge in [0, 0.05) is 108 Å². The van der Waals surface area contributed by atoms with E-state index in [0.717, 1.165) is 96.9 Å². The van der Waals surface area contributed by atoms with Gasteiger partial charge in [0.2, 0.25) is 0 Å². The molecule has 0 aliphatic heterocycles. The molecule has 0 aliphatic rings. The molecule has 107 heavy (non-hydrogen) atoms. The molecule has 0 saturated heterocycles. The van der Waals surface area contributed by atoms with Crippen molar-refractivity contribution in [1.82, 2.24) is 29.9 Å². The maximum absolute atomic E-state index is 6.30. The van der Waals surface area contributed by atoms with Crippen LogP contribution in [0.2, 0.25) is 0 Å². The van der Waals surface area contributed by atoms with Crippen LogP contribution >= 0.6 is 0 Å². The number of rotatable bonds is 11. The minimum absolute atomic E-state index is 0. The van der Waals surface area contributed by atoms with Gasteiger partial charge in [-0.1, -0.05) is 192 Å². The molecular weight excluding hydrogens is 1840 g/mol. The summed E-state index contributed by atoms with van der Waals surface area (Å²) < 4.78 is 6.30. The molecule has 0 bridgehead atoms. The summed E-state index contributed by atoms with van der Waals surface area (Å²) in [5, 5.41) is 2.30. The fraction of sp³-hybridized carbons (Fsp3) is 0.134. The molecule has 0 aliphatic carbocycles. The number of aryl methyl sites for hydroxylation is 4. The summed E-state index contributed by atoms with van der Waals surface area (Å²) in [6.07, 6.45) is 13.3. The molecule has 541 valence electrons. The van der Waals surface area contributed by atoms with Crippen molar-refractivity contribution in [3.8, 4) is 89.8 Å². The van der Waals surface area contributed by atoms with Crippen molar-refractivity contribution in [2.45, 2.75) is 80.6 Å². The smallest absolute Gasteiger partial charge is 0.124 e. The number of benzene rings is 9. The maximum atomic E-state index is 6.30. The van der Waals surface area contributed by atoms with Crippen LogP contribution in [0.4, 0.5) is 0 Å².